The van der Waals surface area contributed by atoms with E-state index in [1.807, 2.05) is 13.8 Å². The number of rotatable bonds is 3. The Morgan fingerprint density at radius 2 is 1.94 bits per heavy atom. The Morgan fingerprint density at radius 3 is 2.33 bits per heavy atom. The van der Waals surface area contributed by atoms with Crippen molar-refractivity contribution < 1.29 is 9.59 Å². The van der Waals surface area contributed by atoms with Crippen molar-refractivity contribution >= 4 is 11.7 Å². The smallest absolute Gasteiger partial charge is 0.227 e. The van der Waals surface area contributed by atoms with Crippen molar-refractivity contribution in [2.45, 2.75) is 66.3 Å². The summed E-state index contributed by atoms with van der Waals surface area (Å²) in [6.07, 6.45) is 3.06. The van der Waals surface area contributed by atoms with Crippen LogP contribution in [0.25, 0.3) is 0 Å². The Kier molecular flexibility index (Phi) is 2.88. The van der Waals surface area contributed by atoms with E-state index in [0.717, 1.165) is 19.3 Å². The lowest BCUT2D eigenvalue weighted by molar-refractivity contribution is -0.137. The van der Waals surface area contributed by atoms with Crippen LogP contribution in [-0.4, -0.2) is 17.7 Å². The maximum atomic E-state index is 12.6. The van der Waals surface area contributed by atoms with Crippen molar-refractivity contribution in [3.05, 3.63) is 0 Å². The third kappa shape index (κ3) is 1.36. The van der Waals surface area contributed by atoms with Gasteiger partial charge in [-0.15, -0.1) is 0 Å². The number of fused-ring (bicyclic) bond motifs is 2. The van der Waals surface area contributed by atoms with Crippen LogP contribution in [0.1, 0.15) is 60.3 Å². The van der Waals surface area contributed by atoms with Gasteiger partial charge in [-0.05, 0) is 31.6 Å². The van der Waals surface area contributed by atoms with Gasteiger partial charge in [-0.1, -0.05) is 27.7 Å². The number of carbonyl (C=O) groups is 2. The Balaban J connectivity index is 2.33. The number of hydrogen-bond donors (Lipinski definition) is 1. The van der Waals surface area contributed by atoms with Crippen molar-refractivity contribution in [1.29, 1.82) is 0 Å². The van der Waals surface area contributed by atoms with Gasteiger partial charge < -0.3 is 5.32 Å². The number of ketones is 1. The predicted octanol–water partition coefficient (Wildman–Crippen LogP) is 2.69. The molecule has 2 bridgehead atoms. The summed E-state index contributed by atoms with van der Waals surface area (Å²) in [7, 11) is 0. The zero-order chi connectivity index (χ0) is 13.8. The molecule has 0 aromatic rings. The third-order valence-corrected chi connectivity index (χ3v) is 6.13. The molecule has 2 aliphatic rings. The molecule has 3 atom stereocenters. The molecule has 0 aromatic carbocycles. The topological polar surface area (TPSA) is 46.2 Å². The van der Waals surface area contributed by atoms with Crippen LogP contribution >= 0.6 is 0 Å². The van der Waals surface area contributed by atoms with Gasteiger partial charge in [0, 0.05) is 17.9 Å². The fourth-order valence-corrected chi connectivity index (χ4v) is 3.82. The molecule has 18 heavy (non-hydrogen) atoms. The second kappa shape index (κ2) is 3.82. The zero-order valence-corrected chi connectivity index (χ0v) is 12.2. The summed E-state index contributed by atoms with van der Waals surface area (Å²) in [5.74, 6) is 0.370. The van der Waals surface area contributed by atoms with Gasteiger partial charge >= 0.3 is 0 Å². The highest BCUT2D eigenvalue weighted by molar-refractivity contribution is 5.99. The first-order chi connectivity index (χ1) is 8.21. The van der Waals surface area contributed by atoms with Gasteiger partial charge in [-0.25, -0.2) is 0 Å². The maximum Gasteiger partial charge on any atom is 0.227 e. The van der Waals surface area contributed by atoms with E-state index in [9.17, 15) is 9.59 Å². The summed E-state index contributed by atoms with van der Waals surface area (Å²) in [6.45, 7) is 10.3. The van der Waals surface area contributed by atoms with Crippen molar-refractivity contribution in [2.24, 2.45) is 16.2 Å². The first-order valence-corrected chi connectivity index (χ1v) is 7.05. The van der Waals surface area contributed by atoms with E-state index < -0.39 is 5.41 Å². The van der Waals surface area contributed by atoms with Crippen LogP contribution in [0.5, 0.6) is 0 Å². The van der Waals surface area contributed by atoms with Crippen molar-refractivity contribution in [2.75, 3.05) is 0 Å². The molecule has 0 saturated heterocycles. The van der Waals surface area contributed by atoms with Crippen LogP contribution in [0.2, 0.25) is 0 Å². The van der Waals surface area contributed by atoms with Gasteiger partial charge in [0.1, 0.15) is 5.78 Å². The van der Waals surface area contributed by atoms with Gasteiger partial charge in [0.15, 0.2) is 0 Å². The van der Waals surface area contributed by atoms with Crippen LogP contribution in [0, 0.1) is 16.2 Å². The van der Waals surface area contributed by atoms with E-state index in [0.29, 0.717) is 6.42 Å². The molecule has 0 unspecified atom stereocenters. The van der Waals surface area contributed by atoms with Gasteiger partial charge in [0.25, 0.3) is 0 Å². The Morgan fingerprint density at radius 1 is 1.33 bits per heavy atom. The lowest BCUT2D eigenvalue weighted by Gasteiger charge is -2.39. The number of amides is 1. The number of nitrogens with one attached hydrogen (secondary N) is 1. The molecule has 2 rings (SSSR count). The zero-order valence-electron chi connectivity index (χ0n) is 12.2. The molecule has 2 fully saturated rings. The fraction of sp³-hybridized carbons (Fsp3) is 0.867. The molecule has 1 amide bonds. The van der Waals surface area contributed by atoms with Gasteiger partial charge in [-0.2, -0.15) is 0 Å². The lowest BCUT2D eigenvalue weighted by Crippen LogP contribution is -2.49. The maximum absolute atomic E-state index is 12.6. The molecule has 1 N–H and O–H groups in total. The van der Waals surface area contributed by atoms with Crippen LogP contribution in [0.3, 0.4) is 0 Å². The summed E-state index contributed by atoms with van der Waals surface area (Å²) in [5, 5.41) is 3.09. The average Bonchev–Trinajstić information content (AvgIpc) is 2.59. The highest BCUT2D eigenvalue weighted by atomic mass is 16.2. The third-order valence-electron chi connectivity index (χ3n) is 6.13. The van der Waals surface area contributed by atoms with E-state index in [2.05, 4.69) is 26.1 Å². The molecule has 0 aliphatic heterocycles. The molecular formula is C15H25NO2. The average molecular weight is 251 g/mol. The van der Waals surface area contributed by atoms with E-state index in [-0.39, 0.29) is 28.6 Å². The Bertz CT molecular complexity index is 401. The molecule has 102 valence electrons. The standard InChI is InChI=1S/C15H25NO2/c1-6-10(2)16-12(18)15-8-7-14(5,11(17)9-15)13(15,3)4/h10H,6-9H2,1-5H3,(H,16,18)/t10-,14+,15-/m0/s1. The molecule has 0 spiro atoms. The predicted molar refractivity (Wildman–Crippen MR) is 71.1 cm³/mol. The molecule has 0 heterocycles. The SMILES string of the molecule is CC[C@H](C)NC(=O)[C@]12CC[C@](C)(C(=O)C1)C2(C)C. The largest absolute Gasteiger partial charge is 0.353 e. The van der Waals surface area contributed by atoms with E-state index in [1.165, 1.54) is 0 Å². The molecule has 2 aliphatic carbocycles. The molecular weight excluding hydrogens is 226 g/mol. The molecule has 0 aromatic heterocycles. The van der Waals surface area contributed by atoms with Crippen LogP contribution in [0.4, 0.5) is 0 Å². The lowest BCUT2D eigenvalue weighted by atomic mass is 9.64. The Labute approximate surface area is 110 Å². The van der Waals surface area contributed by atoms with Gasteiger partial charge in [0.2, 0.25) is 5.91 Å². The van der Waals surface area contributed by atoms with Crippen molar-refractivity contribution in [3.8, 4) is 0 Å². The highest BCUT2D eigenvalue weighted by Crippen LogP contribution is 2.70. The first-order valence-electron chi connectivity index (χ1n) is 7.05. The first kappa shape index (κ1) is 13.6. The molecule has 0 radical (unpaired) electrons. The van der Waals surface area contributed by atoms with Crippen molar-refractivity contribution in [3.63, 3.8) is 0 Å². The Hall–Kier alpha value is -0.860. The van der Waals surface area contributed by atoms with Crippen molar-refractivity contribution in [1.82, 2.24) is 5.32 Å². The quantitative estimate of drug-likeness (QED) is 0.838. The molecule has 2 saturated carbocycles. The second-order valence-electron chi connectivity index (χ2n) is 6.92. The number of carbonyl (C=O) groups excluding carboxylic acids is 2. The summed E-state index contributed by atoms with van der Waals surface area (Å²) in [5.41, 5.74) is -1.00. The number of hydrogen-bond acceptors (Lipinski definition) is 2. The fourth-order valence-electron chi connectivity index (χ4n) is 3.82. The minimum absolute atomic E-state index is 0.0939. The minimum Gasteiger partial charge on any atom is -0.353 e. The highest BCUT2D eigenvalue weighted by Gasteiger charge is 2.72. The van der Waals surface area contributed by atoms with E-state index in [4.69, 9.17) is 0 Å². The van der Waals surface area contributed by atoms with E-state index >= 15 is 0 Å². The van der Waals surface area contributed by atoms with Crippen LogP contribution < -0.4 is 5.32 Å². The van der Waals surface area contributed by atoms with Gasteiger partial charge in [-0.3, -0.25) is 9.59 Å². The summed E-state index contributed by atoms with van der Waals surface area (Å²) in [4.78, 5) is 24.9. The summed E-state index contributed by atoms with van der Waals surface area (Å²) >= 11 is 0. The summed E-state index contributed by atoms with van der Waals surface area (Å²) in [6, 6.07) is 0.185. The molecule has 3 heteroatoms. The van der Waals surface area contributed by atoms with Crippen LogP contribution in [-0.2, 0) is 9.59 Å². The van der Waals surface area contributed by atoms with Gasteiger partial charge in [0.05, 0.1) is 5.41 Å². The second-order valence-corrected chi connectivity index (χ2v) is 6.92. The van der Waals surface area contributed by atoms with E-state index in [1.54, 1.807) is 0 Å². The number of Topliss-reactive ketones (excluding diaryl/α,β-unsaturated/α-hetero) is 1. The minimum atomic E-state index is -0.470. The summed E-state index contributed by atoms with van der Waals surface area (Å²) < 4.78 is 0. The monoisotopic (exact) mass is 251 g/mol. The van der Waals surface area contributed by atoms with Crippen LogP contribution in [0.15, 0.2) is 0 Å². The molecule has 3 nitrogen and oxygen atoms in total. The normalized spacial score (nSPS) is 38.8.